The predicted molar refractivity (Wildman–Crippen MR) is 146 cm³/mol. The van der Waals surface area contributed by atoms with Gasteiger partial charge in [-0.05, 0) is 37.0 Å². The first-order valence-corrected chi connectivity index (χ1v) is 10.9. The van der Waals surface area contributed by atoms with E-state index in [0.717, 1.165) is 24.8 Å². The molecule has 0 atom stereocenters. The molecule has 3 aromatic rings. The van der Waals surface area contributed by atoms with Crippen LogP contribution >= 0.6 is 36.4 Å². The highest BCUT2D eigenvalue weighted by Gasteiger charge is 2.17. The average Bonchev–Trinajstić information content (AvgIpc) is 3.33. The first-order valence-electron chi connectivity index (χ1n) is 10.5. The number of guanidine groups is 1. The topological polar surface area (TPSA) is 210 Å². The molecule has 0 bridgehead atoms. The maximum atomic E-state index is 12.2. The predicted octanol–water partition coefficient (Wildman–Crippen LogP) is 2.16. The number of rotatable bonds is 10. The molecule has 2 aromatic heterocycles. The first-order chi connectivity index (χ1) is 16.8. The van der Waals surface area contributed by atoms with Gasteiger partial charge in [0.15, 0.2) is 35.0 Å². The summed E-state index contributed by atoms with van der Waals surface area (Å²) in [4.78, 5) is 38.2. The van der Waals surface area contributed by atoms with E-state index in [1.807, 2.05) is 12.1 Å². The van der Waals surface area contributed by atoms with Gasteiger partial charge in [0.1, 0.15) is 5.75 Å². The van der Waals surface area contributed by atoms with Crippen LogP contribution in [0.1, 0.15) is 28.9 Å². The number of unbranched alkanes of at least 4 members (excludes halogenated alkanes) is 1. The number of nitrogens with one attached hydrogen (secondary N) is 5. The molecule has 0 aliphatic rings. The Labute approximate surface area is 229 Å². The molecule has 0 unspecified atom stereocenters. The van der Waals surface area contributed by atoms with Gasteiger partial charge in [-0.25, -0.2) is 15.0 Å². The number of halogens is 3. The average molecular weight is 574 g/mol. The van der Waals surface area contributed by atoms with Crippen molar-refractivity contribution in [1.82, 2.24) is 30.6 Å². The Morgan fingerprint density at radius 2 is 1.81 bits per heavy atom. The molecule has 16 heteroatoms. The van der Waals surface area contributed by atoms with Gasteiger partial charge in [0.25, 0.3) is 11.8 Å². The quantitative estimate of drug-likeness (QED) is 0.107. The Hall–Kier alpha value is -3.81. The summed E-state index contributed by atoms with van der Waals surface area (Å²) in [5, 5.41) is 15.4. The van der Waals surface area contributed by atoms with Gasteiger partial charge in [-0.2, -0.15) is 0 Å². The highest BCUT2D eigenvalue weighted by molar-refractivity contribution is 6.31. The number of ether oxygens (including phenoxy) is 1. The number of nitrogens with two attached hydrogens (primary N) is 2. The molecule has 0 saturated carbocycles. The Morgan fingerprint density at radius 3 is 2.49 bits per heavy atom. The van der Waals surface area contributed by atoms with Crippen molar-refractivity contribution < 1.29 is 14.3 Å². The fourth-order valence-electron chi connectivity index (χ4n) is 2.90. The minimum absolute atomic E-state index is 0. The van der Waals surface area contributed by atoms with Crippen molar-refractivity contribution in [3.8, 4) is 5.75 Å². The highest BCUT2D eigenvalue weighted by Crippen LogP contribution is 2.17. The van der Waals surface area contributed by atoms with Crippen molar-refractivity contribution in [3.05, 3.63) is 53.1 Å². The molecule has 200 valence electrons. The van der Waals surface area contributed by atoms with Crippen LogP contribution in [0.2, 0.25) is 5.15 Å². The second kappa shape index (κ2) is 15.3. The van der Waals surface area contributed by atoms with E-state index in [2.05, 4.69) is 35.9 Å². The summed E-state index contributed by atoms with van der Waals surface area (Å²) >= 11 is 5.77. The SMILES string of the molecule is Cl.Cl.N=C(NCCCCc1ccc(OCC(=O)Nc2ncc[nH]2)cc1)NC(=O)c1nc(Cl)c(N)nc1N. The van der Waals surface area contributed by atoms with E-state index in [4.69, 9.17) is 33.2 Å². The number of aryl methyl sites for hydroxylation is 1. The molecular formula is C21H27Cl3N10O3. The third-order valence-electron chi connectivity index (χ3n) is 4.60. The fraction of sp³-hybridized carbons (Fsp3) is 0.238. The molecule has 0 spiro atoms. The zero-order chi connectivity index (χ0) is 25.2. The summed E-state index contributed by atoms with van der Waals surface area (Å²) in [7, 11) is 0. The summed E-state index contributed by atoms with van der Waals surface area (Å²) in [5.41, 5.74) is 12.0. The van der Waals surface area contributed by atoms with E-state index in [-0.39, 0.29) is 65.8 Å². The van der Waals surface area contributed by atoms with Gasteiger partial charge in [-0.3, -0.25) is 25.6 Å². The second-order valence-electron chi connectivity index (χ2n) is 7.27. The van der Waals surface area contributed by atoms with Crippen molar-refractivity contribution >= 4 is 71.8 Å². The number of aromatic nitrogens is 4. The van der Waals surface area contributed by atoms with E-state index < -0.39 is 5.91 Å². The van der Waals surface area contributed by atoms with Gasteiger partial charge >= 0.3 is 0 Å². The van der Waals surface area contributed by atoms with Crippen LogP contribution < -0.4 is 32.2 Å². The van der Waals surface area contributed by atoms with Crippen molar-refractivity contribution in [3.63, 3.8) is 0 Å². The zero-order valence-electron chi connectivity index (χ0n) is 19.4. The molecule has 3 rings (SSSR count). The molecule has 2 heterocycles. The lowest BCUT2D eigenvalue weighted by atomic mass is 10.1. The minimum Gasteiger partial charge on any atom is -0.484 e. The number of nitrogens with zero attached hydrogens (tertiary/aromatic N) is 3. The Balaban J connectivity index is 0.00000342. The molecule has 0 fully saturated rings. The van der Waals surface area contributed by atoms with E-state index in [0.29, 0.717) is 18.2 Å². The molecule has 13 nitrogen and oxygen atoms in total. The molecule has 37 heavy (non-hydrogen) atoms. The Morgan fingerprint density at radius 1 is 1.08 bits per heavy atom. The van der Waals surface area contributed by atoms with Crippen molar-refractivity contribution in [2.75, 3.05) is 29.9 Å². The lowest BCUT2D eigenvalue weighted by Gasteiger charge is -2.10. The number of amides is 2. The van der Waals surface area contributed by atoms with Crippen LogP contribution in [-0.2, 0) is 11.2 Å². The van der Waals surface area contributed by atoms with Crippen LogP contribution in [0.5, 0.6) is 5.75 Å². The summed E-state index contributed by atoms with van der Waals surface area (Å²) in [6, 6.07) is 7.46. The van der Waals surface area contributed by atoms with Crippen LogP contribution in [0.15, 0.2) is 36.7 Å². The number of H-pyrrole nitrogens is 1. The standard InChI is InChI=1S/C21H25ClN10O3.2ClH/c22-16-18(24)31-17(23)15(30-16)19(34)32-20(25)26-8-2-1-3-12-4-6-13(7-5-12)35-11-14(33)29-21-27-9-10-28-21;;/h4-7,9-10H,1-3,8,11H2,(H4,23,24,31)(H3,25,26,32,34)(H2,27,28,29,33);2*1H. The number of benzene rings is 1. The molecule has 0 radical (unpaired) electrons. The second-order valence-corrected chi connectivity index (χ2v) is 7.62. The number of aromatic amines is 1. The normalized spacial score (nSPS) is 9.86. The number of hydrogen-bond donors (Lipinski definition) is 7. The molecule has 9 N–H and O–H groups in total. The third kappa shape index (κ3) is 9.99. The van der Waals surface area contributed by atoms with E-state index >= 15 is 0 Å². The van der Waals surface area contributed by atoms with Gasteiger partial charge in [0.2, 0.25) is 5.95 Å². The number of carbonyl (C=O) groups excluding carboxylic acids is 2. The number of imidazole rings is 1. The monoisotopic (exact) mass is 572 g/mol. The Bertz CT molecular complexity index is 1180. The van der Waals surface area contributed by atoms with Gasteiger partial charge < -0.3 is 26.5 Å². The number of anilines is 3. The van der Waals surface area contributed by atoms with Crippen LogP contribution in [0, 0.1) is 5.41 Å². The number of nitrogen functional groups attached to an aromatic ring is 2. The van der Waals surface area contributed by atoms with Crippen molar-refractivity contribution in [1.29, 1.82) is 5.41 Å². The maximum absolute atomic E-state index is 12.2. The summed E-state index contributed by atoms with van der Waals surface area (Å²) in [6.07, 6.45) is 5.58. The fourth-order valence-corrected chi connectivity index (χ4v) is 3.02. The molecule has 0 aliphatic heterocycles. The summed E-state index contributed by atoms with van der Waals surface area (Å²) < 4.78 is 5.47. The Kier molecular flexibility index (Phi) is 12.9. The van der Waals surface area contributed by atoms with Crippen LogP contribution in [0.25, 0.3) is 0 Å². The smallest absolute Gasteiger partial charge is 0.280 e. The highest BCUT2D eigenvalue weighted by atomic mass is 35.5. The molecule has 2 amide bonds. The van der Waals surface area contributed by atoms with E-state index in [1.165, 1.54) is 0 Å². The number of carbonyl (C=O) groups is 2. The largest absolute Gasteiger partial charge is 0.484 e. The lowest BCUT2D eigenvalue weighted by Crippen LogP contribution is -2.41. The van der Waals surface area contributed by atoms with E-state index in [9.17, 15) is 9.59 Å². The minimum atomic E-state index is -0.713. The maximum Gasteiger partial charge on any atom is 0.280 e. The zero-order valence-corrected chi connectivity index (χ0v) is 21.8. The molecular weight excluding hydrogens is 547 g/mol. The molecule has 0 aliphatic carbocycles. The van der Waals surface area contributed by atoms with Crippen LogP contribution in [0.4, 0.5) is 17.6 Å². The first kappa shape index (κ1) is 31.2. The summed E-state index contributed by atoms with van der Waals surface area (Å²) in [5.74, 6) is -0.521. The van der Waals surface area contributed by atoms with Gasteiger partial charge in [-0.15, -0.1) is 24.8 Å². The van der Waals surface area contributed by atoms with Crippen molar-refractivity contribution in [2.24, 2.45) is 0 Å². The molecule has 1 aromatic carbocycles. The van der Waals surface area contributed by atoms with Crippen LogP contribution in [0.3, 0.4) is 0 Å². The molecule has 0 saturated heterocycles. The van der Waals surface area contributed by atoms with Gasteiger partial charge in [0.05, 0.1) is 0 Å². The third-order valence-corrected chi connectivity index (χ3v) is 4.88. The number of hydrogen-bond acceptors (Lipinski definition) is 9. The lowest BCUT2D eigenvalue weighted by molar-refractivity contribution is -0.118. The van der Waals surface area contributed by atoms with E-state index in [1.54, 1.807) is 24.5 Å². The summed E-state index contributed by atoms with van der Waals surface area (Å²) in [6.45, 7) is 0.355. The van der Waals surface area contributed by atoms with Gasteiger partial charge in [-0.1, -0.05) is 23.7 Å². The van der Waals surface area contributed by atoms with Crippen molar-refractivity contribution in [2.45, 2.75) is 19.3 Å². The van der Waals surface area contributed by atoms with Gasteiger partial charge in [0, 0.05) is 18.9 Å². The van der Waals surface area contributed by atoms with Crippen LogP contribution in [-0.4, -0.2) is 50.9 Å².